The van der Waals surface area contributed by atoms with Crippen LogP contribution in [0.4, 0.5) is 0 Å². The fourth-order valence-electron chi connectivity index (χ4n) is 2.84. The summed E-state index contributed by atoms with van der Waals surface area (Å²) in [5.74, 6) is 0.909. The van der Waals surface area contributed by atoms with Crippen molar-refractivity contribution in [1.82, 2.24) is 5.32 Å². The van der Waals surface area contributed by atoms with E-state index in [2.05, 4.69) is 26.2 Å². The second-order valence-corrected chi connectivity index (χ2v) is 4.95. The molecule has 0 radical (unpaired) electrons. The van der Waals surface area contributed by atoms with Crippen molar-refractivity contribution in [2.24, 2.45) is 11.3 Å². The molecule has 0 heterocycles. The molecular weight excluding hydrogens is 158 g/mol. The molecule has 0 bridgehead atoms. The van der Waals surface area contributed by atoms with Gasteiger partial charge in [0.1, 0.15) is 0 Å². The van der Waals surface area contributed by atoms with Crippen LogP contribution in [0.2, 0.25) is 0 Å². The molecule has 78 valence electrons. The first-order valence-corrected chi connectivity index (χ1v) is 5.87. The van der Waals surface area contributed by atoms with E-state index in [-0.39, 0.29) is 0 Å². The van der Waals surface area contributed by atoms with Gasteiger partial charge in [0.15, 0.2) is 0 Å². The van der Waals surface area contributed by atoms with E-state index in [1.54, 1.807) is 0 Å². The standard InChI is InChI=1S/C12H25N/c1-4-11(2)9-12(10-13-3)7-5-6-8-12/h11,13H,4-10H2,1-3H3. The van der Waals surface area contributed by atoms with Crippen molar-refractivity contribution in [2.75, 3.05) is 13.6 Å². The van der Waals surface area contributed by atoms with Gasteiger partial charge in [-0.1, -0.05) is 33.1 Å². The van der Waals surface area contributed by atoms with E-state index in [1.807, 2.05) is 0 Å². The van der Waals surface area contributed by atoms with Crippen molar-refractivity contribution in [3.8, 4) is 0 Å². The largest absolute Gasteiger partial charge is 0.319 e. The van der Waals surface area contributed by atoms with E-state index in [4.69, 9.17) is 0 Å². The zero-order chi connectivity index (χ0) is 9.73. The van der Waals surface area contributed by atoms with Crippen LogP contribution in [-0.4, -0.2) is 13.6 Å². The molecule has 0 aromatic carbocycles. The van der Waals surface area contributed by atoms with Gasteiger partial charge in [0.25, 0.3) is 0 Å². The van der Waals surface area contributed by atoms with Crippen LogP contribution in [0.3, 0.4) is 0 Å². The Bertz CT molecular complexity index is 136. The van der Waals surface area contributed by atoms with Crippen molar-refractivity contribution >= 4 is 0 Å². The maximum atomic E-state index is 3.38. The zero-order valence-corrected chi connectivity index (χ0v) is 9.53. The van der Waals surface area contributed by atoms with Crippen LogP contribution < -0.4 is 5.32 Å². The van der Waals surface area contributed by atoms with Crippen molar-refractivity contribution in [3.05, 3.63) is 0 Å². The lowest BCUT2D eigenvalue weighted by molar-refractivity contribution is 0.219. The van der Waals surface area contributed by atoms with Gasteiger partial charge >= 0.3 is 0 Å². The number of rotatable bonds is 5. The van der Waals surface area contributed by atoms with Gasteiger partial charge in [-0.15, -0.1) is 0 Å². The average Bonchev–Trinajstić information content (AvgIpc) is 2.54. The summed E-state index contributed by atoms with van der Waals surface area (Å²) in [6, 6.07) is 0. The van der Waals surface area contributed by atoms with Crippen molar-refractivity contribution in [2.45, 2.75) is 52.4 Å². The van der Waals surface area contributed by atoms with E-state index >= 15 is 0 Å². The Hall–Kier alpha value is -0.0400. The summed E-state index contributed by atoms with van der Waals surface area (Å²) in [7, 11) is 2.09. The first-order valence-electron chi connectivity index (χ1n) is 5.87. The highest BCUT2D eigenvalue weighted by Crippen LogP contribution is 2.43. The molecule has 1 N–H and O–H groups in total. The quantitative estimate of drug-likeness (QED) is 0.690. The highest BCUT2D eigenvalue weighted by molar-refractivity contribution is 4.87. The molecule has 1 atom stereocenters. The van der Waals surface area contributed by atoms with Crippen molar-refractivity contribution < 1.29 is 0 Å². The van der Waals surface area contributed by atoms with Gasteiger partial charge in [-0.2, -0.15) is 0 Å². The van der Waals surface area contributed by atoms with Gasteiger partial charge in [0.05, 0.1) is 0 Å². The minimum atomic E-state index is 0.657. The average molecular weight is 183 g/mol. The smallest absolute Gasteiger partial charge is 0.000490 e. The highest BCUT2D eigenvalue weighted by Gasteiger charge is 2.33. The Morgan fingerprint density at radius 1 is 1.31 bits per heavy atom. The Morgan fingerprint density at radius 2 is 1.92 bits per heavy atom. The summed E-state index contributed by atoms with van der Waals surface area (Å²) in [6.07, 6.45) is 8.60. The molecule has 1 rings (SSSR count). The maximum Gasteiger partial charge on any atom is 0.000490 e. The third-order valence-corrected chi connectivity index (χ3v) is 3.69. The van der Waals surface area contributed by atoms with Crippen LogP contribution in [0.5, 0.6) is 0 Å². The highest BCUT2D eigenvalue weighted by atomic mass is 14.8. The molecule has 0 saturated heterocycles. The van der Waals surface area contributed by atoms with E-state index in [1.165, 1.54) is 45.1 Å². The van der Waals surface area contributed by atoms with Gasteiger partial charge < -0.3 is 5.32 Å². The fraction of sp³-hybridized carbons (Fsp3) is 1.00. The monoisotopic (exact) mass is 183 g/mol. The third kappa shape index (κ3) is 2.98. The summed E-state index contributed by atoms with van der Waals surface area (Å²) in [6.45, 7) is 5.94. The molecule has 1 aliphatic carbocycles. The maximum absolute atomic E-state index is 3.38. The molecule has 1 heteroatoms. The van der Waals surface area contributed by atoms with Crippen molar-refractivity contribution in [1.29, 1.82) is 0 Å². The first-order chi connectivity index (χ1) is 6.22. The molecule has 0 spiro atoms. The second kappa shape index (κ2) is 4.99. The second-order valence-electron chi connectivity index (χ2n) is 4.95. The lowest BCUT2D eigenvalue weighted by Gasteiger charge is -2.31. The van der Waals surface area contributed by atoms with E-state index < -0.39 is 0 Å². The molecule has 0 amide bonds. The molecular formula is C12H25N. The summed E-state index contributed by atoms with van der Waals surface area (Å²) >= 11 is 0. The predicted molar refractivity (Wildman–Crippen MR) is 58.9 cm³/mol. The van der Waals surface area contributed by atoms with Gasteiger partial charge in [-0.25, -0.2) is 0 Å². The zero-order valence-electron chi connectivity index (χ0n) is 9.53. The van der Waals surface area contributed by atoms with Gasteiger partial charge in [-0.05, 0) is 37.6 Å². The first kappa shape index (κ1) is 11.0. The number of nitrogens with one attached hydrogen (secondary N) is 1. The van der Waals surface area contributed by atoms with Gasteiger partial charge in [0.2, 0.25) is 0 Å². The van der Waals surface area contributed by atoms with Crippen molar-refractivity contribution in [3.63, 3.8) is 0 Å². The molecule has 0 aliphatic heterocycles. The number of hydrogen-bond donors (Lipinski definition) is 1. The van der Waals surface area contributed by atoms with Crippen LogP contribution in [0.15, 0.2) is 0 Å². The normalized spacial score (nSPS) is 23.3. The fourth-order valence-corrected chi connectivity index (χ4v) is 2.84. The van der Waals surface area contributed by atoms with Crippen LogP contribution in [0.1, 0.15) is 52.4 Å². The molecule has 1 unspecified atom stereocenters. The van der Waals surface area contributed by atoms with Crippen LogP contribution in [0.25, 0.3) is 0 Å². The molecule has 1 nitrogen and oxygen atoms in total. The topological polar surface area (TPSA) is 12.0 Å². The molecule has 0 aromatic rings. The Labute approximate surface area is 83.3 Å². The molecule has 1 aliphatic rings. The molecule has 13 heavy (non-hydrogen) atoms. The van der Waals surface area contributed by atoms with Crippen LogP contribution in [0, 0.1) is 11.3 Å². The minimum absolute atomic E-state index is 0.657. The predicted octanol–water partition coefficient (Wildman–Crippen LogP) is 3.20. The Balaban J connectivity index is 2.46. The molecule has 1 fully saturated rings. The molecule has 0 aromatic heterocycles. The summed E-state index contributed by atoms with van der Waals surface area (Å²) < 4.78 is 0. The SMILES string of the molecule is CCC(C)CC1(CNC)CCCC1. The van der Waals surface area contributed by atoms with Crippen LogP contribution in [-0.2, 0) is 0 Å². The molecule has 1 saturated carbocycles. The Morgan fingerprint density at radius 3 is 2.38 bits per heavy atom. The van der Waals surface area contributed by atoms with Crippen LogP contribution >= 0.6 is 0 Å². The van der Waals surface area contributed by atoms with Gasteiger partial charge in [-0.3, -0.25) is 0 Å². The summed E-state index contributed by atoms with van der Waals surface area (Å²) in [5.41, 5.74) is 0.657. The van der Waals surface area contributed by atoms with E-state index in [0.29, 0.717) is 5.41 Å². The summed E-state index contributed by atoms with van der Waals surface area (Å²) in [5, 5.41) is 3.38. The summed E-state index contributed by atoms with van der Waals surface area (Å²) in [4.78, 5) is 0. The lowest BCUT2D eigenvalue weighted by Crippen LogP contribution is -2.31. The lowest BCUT2D eigenvalue weighted by atomic mass is 9.77. The Kier molecular flexibility index (Phi) is 4.24. The third-order valence-electron chi connectivity index (χ3n) is 3.69. The minimum Gasteiger partial charge on any atom is -0.319 e. The van der Waals surface area contributed by atoms with Gasteiger partial charge in [0, 0.05) is 6.54 Å². The van der Waals surface area contributed by atoms with E-state index in [0.717, 1.165) is 5.92 Å². The number of hydrogen-bond acceptors (Lipinski definition) is 1. The van der Waals surface area contributed by atoms with E-state index in [9.17, 15) is 0 Å².